The van der Waals surface area contributed by atoms with Crippen LogP contribution < -0.4 is 0 Å². The predicted molar refractivity (Wildman–Crippen MR) is 210 cm³/mol. The van der Waals surface area contributed by atoms with E-state index in [0.717, 1.165) is 57.8 Å². The average Bonchev–Trinajstić information content (AvgIpc) is 3.13. The van der Waals surface area contributed by atoms with Gasteiger partial charge >= 0.3 is 19.8 Å². The molecule has 0 heterocycles. The van der Waals surface area contributed by atoms with Crippen LogP contribution in [-0.2, 0) is 32.7 Å². The van der Waals surface area contributed by atoms with Crippen molar-refractivity contribution in [2.45, 2.75) is 174 Å². The van der Waals surface area contributed by atoms with Crippen LogP contribution in [0.1, 0.15) is 162 Å². The number of hydrogen-bond donors (Lipinski definition) is 3. The van der Waals surface area contributed by atoms with Crippen molar-refractivity contribution in [2.75, 3.05) is 26.4 Å². The SMILES string of the molecule is CCCCC/C=C/CCCCCCCC(=O)O[C@@H](COC(=O)CCC/C=C/C/C=C/C/C=C/CCCCCCCC)COP(=O)(O)OC[C@H](O)CO. The number of esters is 2. The van der Waals surface area contributed by atoms with Crippen LogP contribution in [0.3, 0.4) is 0 Å². The minimum Gasteiger partial charge on any atom is -0.462 e. The minimum atomic E-state index is -4.63. The third-order valence-corrected chi connectivity index (χ3v) is 9.16. The largest absolute Gasteiger partial charge is 0.472 e. The standard InChI is InChI=1S/C41H73O10P/c1-3-5-7-9-11-13-15-17-18-19-20-21-23-24-26-28-30-32-40(44)48-36-39(37-50-52(46,47)49-35-38(43)34-42)51-41(45)33-31-29-27-25-22-16-14-12-10-8-6-4-2/h12,14,17-18,20-21,24,26,38-39,42-43H,3-11,13,15-16,19,22-23,25,27-37H2,1-2H3,(H,46,47)/b14-12+,18-17+,21-20+,26-24+/t38-,39+/m1/s1. The molecule has 0 spiro atoms. The molecule has 0 radical (unpaired) electrons. The number of unbranched alkanes of at least 4 members (excludes halogenated alkanes) is 15. The lowest BCUT2D eigenvalue weighted by atomic mass is 10.1. The Bertz CT molecular complexity index is 1010. The average molecular weight is 757 g/mol. The highest BCUT2D eigenvalue weighted by Gasteiger charge is 2.27. The lowest BCUT2D eigenvalue weighted by molar-refractivity contribution is -0.161. The molecule has 1 unspecified atom stereocenters. The third-order valence-electron chi connectivity index (χ3n) is 8.21. The molecule has 0 aliphatic heterocycles. The van der Waals surface area contributed by atoms with Crippen LogP contribution in [0.5, 0.6) is 0 Å². The summed E-state index contributed by atoms with van der Waals surface area (Å²) in [4.78, 5) is 34.8. The van der Waals surface area contributed by atoms with E-state index in [1.54, 1.807) is 0 Å². The summed E-state index contributed by atoms with van der Waals surface area (Å²) >= 11 is 0. The minimum absolute atomic E-state index is 0.162. The maximum atomic E-state index is 12.5. The Morgan fingerprint density at radius 2 is 1.02 bits per heavy atom. The lowest BCUT2D eigenvalue weighted by Gasteiger charge is -2.20. The van der Waals surface area contributed by atoms with Gasteiger partial charge in [0.2, 0.25) is 0 Å². The van der Waals surface area contributed by atoms with Crippen molar-refractivity contribution in [3.8, 4) is 0 Å². The molecule has 0 saturated carbocycles. The van der Waals surface area contributed by atoms with Crippen LogP contribution in [0, 0.1) is 0 Å². The first-order valence-electron chi connectivity index (χ1n) is 20.1. The Balaban J connectivity index is 4.43. The van der Waals surface area contributed by atoms with Crippen LogP contribution in [0.15, 0.2) is 48.6 Å². The number of carbonyl (C=O) groups is 2. The molecule has 11 heteroatoms. The zero-order valence-electron chi connectivity index (χ0n) is 32.5. The quantitative estimate of drug-likeness (QED) is 0.0242. The highest BCUT2D eigenvalue weighted by molar-refractivity contribution is 7.47. The van der Waals surface area contributed by atoms with E-state index in [0.29, 0.717) is 19.3 Å². The Morgan fingerprint density at radius 1 is 0.577 bits per heavy atom. The first-order valence-corrected chi connectivity index (χ1v) is 21.6. The van der Waals surface area contributed by atoms with E-state index >= 15 is 0 Å². The van der Waals surface area contributed by atoms with Gasteiger partial charge < -0.3 is 24.6 Å². The maximum Gasteiger partial charge on any atom is 0.472 e. The van der Waals surface area contributed by atoms with Gasteiger partial charge in [-0.05, 0) is 70.6 Å². The zero-order chi connectivity index (χ0) is 38.4. The molecule has 0 aromatic rings. The number of ether oxygens (including phenoxy) is 2. The molecule has 52 heavy (non-hydrogen) atoms. The van der Waals surface area contributed by atoms with Gasteiger partial charge in [-0.1, -0.05) is 127 Å². The predicted octanol–water partition coefficient (Wildman–Crippen LogP) is 10.2. The topological polar surface area (TPSA) is 149 Å². The molecule has 0 aliphatic rings. The molecule has 10 nitrogen and oxygen atoms in total. The molecular formula is C41H73O10P. The van der Waals surface area contributed by atoms with Crippen molar-refractivity contribution >= 4 is 19.8 Å². The van der Waals surface area contributed by atoms with E-state index in [1.165, 1.54) is 57.8 Å². The van der Waals surface area contributed by atoms with Crippen LogP contribution in [0.2, 0.25) is 0 Å². The van der Waals surface area contributed by atoms with Gasteiger partial charge in [0.1, 0.15) is 12.7 Å². The number of hydrogen-bond acceptors (Lipinski definition) is 9. The summed E-state index contributed by atoms with van der Waals surface area (Å²) in [7, 11) is -4.63. The fraction of sp³-hybridized carbons (Fsp3) is 0.756. The summed E-state index contributed by atoms with van der Waals surface area (Å²) in [5.41, 5.74) is 0. The van der Waals surface area contributed by atoms with E-state index < -0.39 is 51.8 Å². The second-order valence-corrected chi connectivity index (χ2v) is 14.8. The van der Waals surface area contributed by atoms with Crippen molar-refractivity contribution in [1.29, 1.82) is 0 Å². The van der Waals surface area contributed by atoms with Crippen LogP contribution in [0.4, 0.5) is 0 Å². The molecule has 0 aliphatic carbocycles. The first kappa shape index (κ1) is 49.9. The number of carbonyl (C=O) groups excluding carboxylic acids is 2. The number of aliphatic hydroxyl groups is 2. The maximum absolute atomic E-state index is 12.5. The molecule has 3 N–H and O–H groups in total. The summed E-state index contributed by atoms with van der Waals surface area (Å²) in [5, 5.41) is 18.3. The summed E-state index contributed by atoms with van der Waals surface area (Å²) in [6, 6.07) is 0. The second-order valence-electron chi connectivity index (χ2n) is 13.3. The van der Waals surface area contributed by atoms with Gasteiger partial charge in [-0.2, -0.15) is 0 Å². The highest BCUT2D eigenvalue weighted by atomic mass is 31.2. The highest BCUT2D eigenvalue weighted by Crippen LogP contribution is 2.43. The van der Waals surface area contributed by atoms with Crippen molar-refractivity contribution in [3.63, 3.8) is 0 Å². The molecule has 0 rings (SSSR count). The second kappa shape index (κ2) is 37.3. The van der Waals surface area contributed by atoms with E-state index in [9.17, 15) is 24.2 Å². The summed E-state index contributed by atoms with van der Waals surface area (Å²) in [6.45, 7) is 2.26. The molecular weight excluding hydrogens is 683 g/mol. The molecule has 0 fully saturated rings. The zero-order valence-corrected chi connectivity index (χ0v) is 33.4. The molecule has 0 bridgehead atoms. The van der Waals surface area contributed by atoms with Crippen LogP contribution in [0.25, 0.3) is 0 Å². The van der Waals surface area contributed by atoms with Gasteiger partial charge in [-0.3, -0.25) is 18.6 Å². The van der Waals surface area contributed by atoms with Gasteiger partial charge in [0.15, 0.2) is 6.10 Å². The van der Waals surface area contributed by atoms with Gasteiger partial charge in [-0.15, -0.1) is 0 Å². The lowest BCUT2D eigenvalue weighted by Crippen LogP contribution is -2.29. The van der Waals surface area contributed by atoms with Crippen molar-refractivity contribution in [1.82, 2.24) is 0 Å². The third kappa shape index (κ3) is 36.3. The van der Waals surface area contributed by atoms with Gasteiger partial charge in [0.05, 0.1) is 19.8 Å². The Hall–Kier alpha value is -2.07. The van der Waals surface area contributed by atoms with E-state index in [1.807, 2.05) is 6.08 Å². The van der Waals surface area contributed by atoms with Gasteiger partial charge in [0.25, 0.3) is 0 Å². The number of aliphatic hydroxyl groups excluding tert-OH is 2. The van der Waals surface area contributed by atoms with Crippen LogP contribution >= 0.6 is 7.82 Å². The van der Waals surface area contributed by atoms with E-state index in [-0.39, 0.29) is 19.4 Å². The summed E-state index contributed by atoms with van der Waals surface area (Å²) < 4.78 is 32.5. The monoisotopic (exact) mass is 756 g/mol. The number of allylic oxidation sites excluding steroid dienone is 8. The molecule has 0 aromatic heterocycles. The van der Waals surface area contributed by atoms with Gasteiger partial charge in [-0.25, -0.2) is 4.57 Å². The van der Waals surface area contributed by atoms with Crippen molar-refractivity contribution in [2.24, 2.45) is 0 Å². The van der Waals surface area contributed by atoms with Crippen molar-refractivity contribution in [3.05, 3.63) is 48.6 Å². The van der Waals surface area contributed by atoms with Gasteiger partial charge in [0, 0.05) is 12.8 Å². The van der Waals surface area contributed by atoms with E-state index in [4.69, 9.17) is 19.1 Å². The molecule has 302 valence electrons. The number of phosphoric acid groups is 1. The molecule has 0 aromatic carbocycles. The molecule has 0 saturated heterocycles. The Morgan fingerprint density at radius 3 is 1.62 bits per heavy atom. The van der Waals surface area contributed by atoms with E-state index in [2.05, 4.69) is 60.9 Å². The smallest absolute Gasteiger partial charge is 0.462 e. The van der Waals surface area contributed by atoms with Crippen molar-refractivity contribution < 1.29 is 47.8 Å². The summed E-state index contributed by atoms with van der Waals surface area (Å²) in [6.07, 6.45) is 38.0. The fourth-order valence-electron chi connectivity index (χ4n) is 5.06. The summed E-state index contributed by atoms with van der Waals surface area (Å²) in [5.74, 6) is -1.00. The number of phosphoric ester groups is 1. The molecule has 0 amide bonds. The first-order chi connectivity index (χ1) is 25.2. The molecule has 3 atom stereocenters. The fourth-order valence-corrected chi connectivity index (χ4v) is 5.85. The van der Waals surface area contributed by atoms with Crippen LogP contribution in [-0.4, -0.2) is 65.7 Å². The Labute approximate surface area is 315 Å². The Kier molecular flexibility index (Phi) is 35.8. The number of rotatable bonds is 37. The normalized spacial score (nSPS) is 14.5.